The Morgan fingerprint density at radius 2 is 1.80 bits per heavy atom. The number of ether oxygens (including phenoxy) is 1. The van der Waals surface area contributed by atoms with E-state index in [4.69, 9.17) is 10.5 Å². The molecule has 5 heteroatoms. The van der Waals surface area contributed by atoms with E-state index in [1.54, 1.807) is 0 Å². The number of carbonyl (C=O) groups excluding carboxylic acids is 1. The molecule has 2 N–H and O–H groups in total. The lowest BCUT2D eigenvalue weighted by atomic mass is 10.2. The SMILES string of the molecule is Cc1ccc(COc2cccc(N3CCN(CC(N)=O)CC3)c2)cc1. The number of aryl methyl sites for hydroxylation is 1. The monoisotopic (exact) mass is 339 g/mol. The lowest BCUT2D eigenvalue weighted by molar-refractivity contribution is -0.119. The summed E-state index contributed by atoms with van der Waals surface area (Å²) in [6.45, 7) is 6.44. The fourth-order valence-corrected chi connectivity index (χ4v) is 3.01. The normalized spacial score (nSPS) is 15.2. The number of rotatable bonds is 6. The molecule has 1 aliphatic rings. The molecule has 0 bridgehead atoms. The van der Waals surface area contributed by atoms with E-state index in [2.05, 4.69) is 53.1 Å². The van der Waals surface area contributed by atoms with E-state index in [0.717, 1.165) is 43.2 Å². The van der Waals surface area contributed by atoms with Crippen LogP contribution < -0.4 is 15.4 Å². The van der Waals surface area contributed by atoms with Crippen molar-refractivity contribution in [1.29, 1.82) is 0 Å². The minimum Gasteiger partial charge on any atom is -0.489 e. The van der Waals surface area contributed by atoms with E-state index >= 15 is 0 Å². The molecule has 1 saturated heterocycles. The van der Waals surface area contributed by atoms with Gasteiger partial charge in [-0.25, -0.2) is 0 Å². The molecular weight excluding hydrogens is 314 g/mol. The maximum absolute atomic E-state index is 11.0. The highest BCUT2D eigenvalue weighted by atomic mass is 16.5. The standard InChI is InChI=1S/C20H25N3O2/c1-16-5-7-17(8-6-16)15-25-19-4-2-3-18(13-19)23-11-9-22(10-12-23)14-20(21)24/h2-8,13H,9-12,14-15H2,1H3,(H2,21,24). The van der Waals surface area contributed by atoms with Gasteiger partial charge in [-0.05, 0) is 24.6 Å². The number of nitrogens with two attached hydrogens (primary N) is 1. The van der Waals surface area contributed by atoms with Gasteiger partial charge in [0.25, 0.3) is 0 Å². The lowest BCUT2D eigenvalue weighted by Gasteiger charge is -2.35. The Bertz CT molecular complexity index is 707. The summed E-state index contributed by atoms with van der Waals surface area (Å²) in [6, 6.07) is 16.6. The van der Waals surface area contributed by atoms with Gasteiger partial charge in [-0.15, -0.1) is 0 Å². The van der Waals surface area contributed by atoms with Gasteiger partial charge >= 0.3 is 0 Å². The van der Waals surface area contributed by atoms with E-state index in [9.17, 15) is 4.79 Å². The summed E-state index contributed by atoms with van der Waals surface area (Å²) in [7, 11) is 0. The second-order valence-electron chi connectivity index (χ2n) is 6.50. The molecule has 0 unspecified atom stereocenters. The minimum atomic E-state index is -0.264. The highest BCUT2D eigenvalue weighted by Crippen LogP contribution is 2.23. The topological polar surface area (TPSA) is 58.8 Å². The van der Waals surface area contributed by atoms with E-state index in [1.807, 2.05) is 12.1 Å². The molecule has 3 rings (SSSR count). The number of carbonyl (C=O) groups is 1. The molecule has 0 saturated carbocycles. The molecule has 1 aliphatic heterocycles. The first kappa shape index (κ1) is 17.3. The predicted molar refractivity (Wildman–Crippen MR) is 99.8 cm³/mol. The van der Waals surface area contributed by atoms with Crippen molar-refractivity contribution in [2.75, 3.05) is 37.6 Å². The van der Waals surface area contributed by atoms with Gasteiger partial charge in [-0.2, -0.15) is 0 Å². The molecule has 0 aromatic heterocycles. The van der Waals surface area contributed by atoms with Crippen LogP contribution in [-0.4, -0.2) is 43.5 Å². The average molecular weight is 339 g/mol. The summed E-state index contributed by atoms with van der Waals surface area (Å²) in [5, 5.41) is 0. The molecule has 0 radical (unpaired) electrons. The van der Waals surface area contributed by atoms with Crippen LogP contribution in [0.2, 0.25) is 0 Å². The molecule has 2 aromatic carbocycles. The van der Waals surface area contributed by atoms with Crippen molar-refractivity contribution in [1.82, 2.24) is 4.90 Å². The van der Waals surface area contributed by atoms with Crippen molar-refractivity contribution in [2.45, 2.75) is 13.5 Å². The summed E-state index contributed by atoms with van der Waals surface area (Å²) in [4.78, 5) is 15.4. The second kappa shape index (κ2) is 8.03. The van der Waals surface area contributed by atoms with Gasteiger partial charge < -0.3 is 15.4 Å². The van der Waals surface area contributed by atoms with Crippen molar-refractivity contribution in [3.63, 3.8) is 0 Å². The van der Waals surface area contributed by atoms with Crippen molar-refractivity contribution in [3.8, 4) is 5.75 Å². The van der Waals surface area contributed by atoms with Crippen LogP contribution in [0, 0.1) is 6.92 Å². The highest BCUT2D eigenvalue weighted by molar-refractivity contribution is 5.76. The van der Waals surface area contributed by atoms with Gasteiger partial charge in [-0.3, -0.25) is 9.69 Å². The number of primary amides is 1. The molecule has 2 aromatic rings. The van der Waals surface area contributed by atoms with Gasteiger partial charge in [0, 0.05) is 37.9 Å². The molecule has 1 amide bonds. The number of anilines is 1. The van der Waals surface area contributed by atoms with Gasteiger partial charge in [0.1, 0.15) is 12.4 Å². The van der Waals surface area contributed by atoms with Crippen LogP contribution in [-0.2, 0) is 11.4 Å². The summed E-state index contributed by atoms with van der Waals surface area (Å²) < 4.78 is 5.94. The highest BCUT2D eigenvalue weighted by Gasteiger charge is 2.18. The summed E-state index contributed by atoms with van der Waals surface area (Å²) in [6.07, 6.45) is 0. The van der Waals surface area contributed by atoms with Gasteiger partial charge in [-0.1, -0.05) is 35.9 Å². The zero-order valence-electron chi connectivity index (χ0n) is 14.6. The average Bonchev–Trinajstić information content (AvgIpc) is 2.62. The van der Waals surface area contributed by atoms with Crippen LogP contribution in [0.15, 0.2) is 48.5 Å². The van der Waals surface area contributed by atoms with Gasteiger partial charge in [0.15, 0.2) is 0 Å². The number of hydrogen-bond acceptors (Lipinski definition) is 4. The maximum Gasteiger partial charge on any atom is 0.231 e. The van der Waals surface area contributed by atoms with Crippen LogP contribution >= 0.6 is 0 Å². The number of piperazine rings is 1. The van der Waals surface area contributed by atoms with Gasteiger partial charge in [0.2, 0.25) is 5.91 Å². The smallest absolute Gasteiger partial charge is 0.231 e. The fourth-order valence-electron chi connectivity index (χ4n) is 3.01. The quantitative estimate of drug-likeness (QED) is 0.876. The molecule has 0 aliphatic carbocycles. The lowest BCUT2D eigenvalue weighted by Crippen LogP contribution is -2.48. The Labute approximate surface area is 149 Å². The Hall–Kier alpha value is -2.53. The molecule has 5 nitrogen and oxygen atoms in total. The summed E-state index contributed by atoms with van der Waals surface area (Å²) in [5.74, 6) is 0.609. The molecule has 0 atom stereocenters. The largest absolute Gasteiger partial charge is 0.489 e. The van der Waals surface area contributed by atoms with Crippen molar-refractivity contribution in [2.24, 2.45) is 5.73 Å². The number of amides is 1. The predicted octanol–water partition coefficient (Wildman–Crippen LogP) is 2.18. The van der Waals surface area contributed by atoms with Crippen LogP contribution in [0.3, 0.4) is 0 Å². The first-order chi connectivity index (χ1) is 12.1. The Kier molecular flexibility index (Phi) is 5.56. The van der Waals surface area contributed by atoms with Crippen molar-refractivity contribution >= 4 is 11.6 Å². The zero-order valence-corrected chi connectivity index (χ0v) is 14.6. The first-order valence-corrected chi connectivity index (χ1v) is 8.64. The van der Waals surface area contributed by atoms with E-state index < -0.39 is 0 Å². The molecule has 1 fully saturated rings. The Morgan fingerprint density at radius 1 is 1.08 bits per heavy atom. The Morgan fingerprint density at radius 3 is 2.48 bits per heavy atom. The number of nitrogens with zero attached hydrogens (tertiary/aromatic N) is 2. The molecule has 1 heterocycles. The molecular formula is C20H25N3O2. The van der Waals surface area contributed by atoms with E-state index in [0.29, 0.717) is 13.2 Å². The van der Waals surface area contributed by atoms with Gasteiger partial charge in [0.05, 0.1) is 6.54 Å². The summed E-state index contributed by atoms with van der Waals surface area (Å²) >= 11 is 0. The third-order valence-electron chi connectivity index (χ3n) is 4.46. The third-order valence-corrected chi connectivity index (χ3v) is 4.46. The van der Waals surface area contributed by atoms with Crippen LogP contribution in [0.4, 0.5) is 5.69 Å². The zero-order chi connectivity index (χ0) is 17.6. The second-order valence-corrected chi connectivity index (χ2v) is 6.50. The van der Waals surface area contributed by atoms with Crippen molar-refractivity contribution in [3.05, 3.63) is 59.7 Å². The third kappa shape index (κ3) is 4.97. The molecule has 0 spiro atoms. The van der Waals surface area contributed by atoms with E-state index in [1.165, 1.54) is 5.56 Å². The summed E-state index contributed by atoms with van der Waals surface area (Å²) in [5.41, 5.74) is 8.83. The minimum absolute atomic E-state index is 0.264. The molecule has 25 heavy (non-hydrogen) atoms. The van der Waals surface area contributed by atoms with Crippen LogP contribution in [0.5, 0.6) is 5.75 Å². The molecule has 132 valence electrons. The Balaban J connectivity index is 1.56. The first-order valence-electron chi connectivity index (χ1n) is 8.64. The fraction of sp³-hybridized carbons (Fsp3) is 0.350. The number of benzene rings is 2. The van der Waals surface area contributed by atoms with Crippen LogP contribution in [0.25, 0.3) is 0 Å². The van der Waals surface area contributed by atoms with Crippen LogP contribution in [0.1, 0.15) is 11.1 Å². The number of hydrogen-bond donors (Lipinski definition) is 1. The maximum atomic E-state index is 11.0. The van der Waals surface area contributed by atoms with Crippen molar-refractivity contribution < 1.29 is 9.53 Å². The van der Waals surface area contributed by atoms with E-state index in [-0.39, 0.29) is 5.91 Å².